The van der Waals surface area contributed by atoms with Gasteiger partial charge in [0.15, 0.2) is 5.06 Å². The van der Waals surface area contributed by atoms with Crippen molar-refractivity contribution in [3.05, 3.63) is 76.4 Å². The van der Waals surface area contributed by atoms with Crippen LogP contribution in [0, 0.1) is 0 Å². The van der Waals surface area contributed by atoms with Crippen molar-refractivity contribution in [2.45, 2.75) is 88.0 Å². The Kier molecular flexibility index (Phi) is 11.9. The molecule has 17 heteroatoms. The second kappa shape index (κ2) is 15.9. The lowest BCUT2D eigenvalue weighted by atomic mass is 9.78. The van der Waals surface area contributed by atoms with Gasteiger partial charge in [0.25, 0.3) is 11.8 Å². The number of nitrogens with zero attached hydrogens (tertiary/aromatic N) is 3. The Morgan fingerprint density at radius 2 is 1.70 bits per heavy atom. The van der Waals surface area contributed by atoms with Gasteiger partial charge in [0, 0.05) is 63.3 Å². The first-order valence-corrected chi connectivity index (χ1v) is 17.9. The molecule has 0 saturated carbocycles. The van der Waals surface area contributed by atoms with Crippen LogP contribution in [0.1, 0.15) is 84.7 Å². The minimum Gasteiger partial charge on any atom is -0.493 e. The van der Waals surface area contributed by atoms with Crippen molar-refractivity contribution in [2.24, 2.45) is 0 Å². The number of aliphatic carboxylic acids is 1. The Bertz CT molecular complexity index is 1780. The molecule has 2 aliphatic heterocycles. The molecule has 2 aromatic heterocycles. The minimum absolute atomic E-state index is 0.0280. The molecule has 0 spiro atoms. The molecule has 288 valence electrons. The molecule has 5 rings (SSSR count). The van der Waals surface area contributed by atoms with E-state index in [9.17, 15) is 40.7 Å². The molecule has 1 aromatic carbocycles. The van der Waals surface area contributed by atoms with E-state index >= 15 is 4.39 Å². The lowest BCUT2D eigenvalue weighted by Gasteiger charge is -2.50. The first-order chi connectivity index (χ1) is 25.0. The van der Waals surface area contributed by atoms with E-state index in [1.165, 1.54) is 4.90 Å². The van der Waals surface area contributed by atoms with Gasteiger partial charge in [0.1, 0.15) is 16.3 Å². The smallest absolute Gasteiger partial charge is 0.425 e. The van der Waals surface area contributed by atoms with Gasteiger partial charge in [0.2, 0.25) is 5.60 Å². The fourth-order valence-electron chi connectivity index (χ4n) is 7.05. The van der Waals surface area contributed by atoms with Crippen LogP contribution in [0.5, 0.6) is 10.8 Å². The number of hydrogen-bond acceptors (Lipinski definition) is 7. The third-order valence-corrected chi connectivity index (χ3v) is 10.6. The van der Waals surface area contributed by atoms with Crippen molar-refractivity contribution in [1.82, 2.24) is 14.8 Å². The predicted molar refractivity (Wildman–Crippen MR) is 178 cm³/mol. The molecular formula is C36H38F7N3O6S. The van der Waals surface area contributed by atoms with Crippen LogP contribution in [-0.4, -0.2) is 75.6 Å². The van der Waals surface area contributed by atoms with E-state index in [1.54, 1.807) is 31.2 Å². The van der Waals surface area contributed by atoms with E-state index in [0.717, 1.165) is 29.4 Å². The number of piperidine rings is 2. The van der Waals surface area contributed by atoms with Crippen LogP contribution >= 0.6 is 11.3 Å². The number of ether oxygens (including phenoxy) is 2. The summed E-state index contributed by atoms with van der Waals surface area (Å²) in [7, 11) is 0. The zero-order valence-electron chi connectivity index (χ0n) is 28.6. The summed E-state index contributed by atoms with van der Waals surface area (Å²) in [6.45, 7) is 1.35. The normalized spacial score (nSPS) is 20.6. The van der Waals surface area contributed by atoms with Crippen molar-refractivity contribution in [3.63, 3.8) is 0 Å². The molecule has 3 aromatic rings. The van der Waals surface area contributed by atoms with Gasteiger partial charge in [-0.2, -0.15) is 26.3 Å². The zero-order valence-corrected chi connectivity index (χ0v) is 29.5. The highest BCUT2D eigenvalue weighted by molar-refractivity contribution is 7.13. The number of carboxylic acid groups (broad SMARTS) is 1. The molecule has 0 radical (unpaired) electrons. The molecule has 9 nitrogen and oxygen atoms in total. The molecule has 2 amide bonds. The third kappa shape index (κ3) is 8.71. The highest BCUT2D eigenvalue weighted by atomic mass is 32.1. The van der Waals surface area contributed by atoms with Crippen LogP contribution in [-0.2, 0) is 27.6 Å². The average Bonchev–Trinajstić information content (AvgIpc) is 3.60. The molecule has 53 heavy (non-hydrogen) atoms. The van der Waals surface area contributed by atoms with Gasteiger partial charge >= 0.3 is 18.3 Å². The number of aromatic nitrogens is 1. The van der Waals surface area contributed by atoms with Gasteiger partial charge in [-0.1, -0.05) is 42.9 Å². The number of halogens is 7. The van der Waals surface area contributed by atoms with Crippen LogP contribution in [0.2, 0.25) is 0 Å². The van der Waals surface area contributed by atoms with Crippen LogP contribution in [0.3, 0.4) is 0 Å². The minimum atomic E-state index is -4.91. The Morgan fingerprint density at radius 3 is 2.34 bits per heavy atom. The second-order valence-electron chi connectivity index (χ2n) is 13.0. The Hall–Kier alpha value is -4.41. The number of hydrogen-bond donors (Lipinski definition) is 1. The van der Waals surface area contributed by atoms with E-state index in [1.807, 2.05) is 0 Å². The fraction of sp³-hybridized carbons (Fsp3) is 0.500. The summed E-state index contributed by atoms with van der Waals surface area (Å²) in [5, 5.41) is 8.65. The van der Waals surface area contributed by atoms with Crippen LogP contribution in [0.25, 0.3) is 0 Å². The van der Waals surface area contributed by atoms with E-state index < -0.39 is 63.5 Å². The number of alkyl halides is 7. The second-order valence-corrected chi connectivity index (χ2v) is 14.1. The van der Waals surface area contributed by atoms with Crippen molar-refractivity contribution in [1.29, 1.82) is 0 Å². The van der Waals surface area contributed by atoms with E-state index in [4.69, 9.17) is 14.6 Å². The quantitative estimate of drug-likeness (QED) is 0.146. The van der Waals surface area contributed by atoms with Crippen LogP contribution < -0.4 is 9.47 Å². The van der Waals surface area contributed by atoms with Crippen molar-refractivity contribution in [3.8, 4) is 10.8 Å². The molecule has 4 heterocycles. The number of likely N-dealkylation sites (tertiary alicyclic amines) is 2. The van der Waals surface area contributed by atoms with E-state index in [0.29, 0.717) is 12.5 Å². The summed E-state index contributed by atoms with van der Waals surface area (Å²) in [5.74, 6) is -2.57. The fourth-order valence-corrected chi connectivity index (χ4v) is 7.84. The standard InChI is InChI=1S/C36H38F7N3O6S/c1-2-7-27-34(52-30-12-11-28(53-30)36(41,42)43,14-6-18-46(27)31(49)23-22-44-17-13-24(23)35(38,39)40)32(50)45-19-15-33(37,16-20-45)25-8-3-4-9-26(25)51-21-5-10-29(47)48/h3-4,8-9,11-13,17,22,27H,2,5-7,10,14-16,18-21H2,1H3,(H,47,48)/t27-,34+/m1/s1. The molecule has 0 bridgehead atoms. The zero-order chi connectivity index (χ0) is 38.6. The summed E-state index contributed by atoms with van der Waals surface area (Å²) in [6, 6.07) is 7.67. The van der Waals surface area contributed by atoms with Gasteiger partial charge in [-0.15, -0.1) is 0 Å². The maximum absolute atomic E-state index is 16.7. The lowest BCUT2D eigenvalue weighted by Crippen LogP contribution is -2.68. The van der Waals surface area contributed by atoms with Crippen LogP contribution in [0.15, 0.2) is 54.9 Å². The van der Waals surface area contributed by atoms with Gasteiger partial charge in [0.05, 0.1) is 23.8 Å². The SMILES string of the molecule is CCC[C@H]1N(C(=O)c2cnccc2C(F)(F)F)CCC[C@@]1(Oc1ccc(C(F)(F)F)s1)C(=O)N1CCC(F)(c2ccccc2OCCCC(=O)O)CC1. The Morgan fingerprint density at radius 1 is 0.981 bits per heavy atom. The number of carboxylic acids is 1. The summed E-state index contributed by atoms with van der Waals surface area (Å²) < 4.78 is 112. The summed E-state index contributed by atoms with van der Waals surface area (Å²) in [5.41, 5.74) is -5.77. The number of para-hydroxylation sites is 1. The van der Waals surface area contributed by atoms with Gasteiger partial charge in [-0.05, 0) is 43.5 Å². The number of rotatable bonds is 12. The number of pyridine rings is 1. The first-order valence-electron chi connectivity index (χ1n) is 17.1. The van der Waals surface area contributed by atoms with Gasteiger partial charge in [-0.3, -0.25) is 19.4 Å². The van der Waals surface area contributed by atoms with Crippen LogP contribution in [0.4, 0.5) is 30.7 Å². The summed E-state index contributed by atoms with van der Waals surface area (Å²) >= 11 is 0.250. The Balaban J connectivity index is 1.48. The average molecular weight is 774 g/mol. The predicted octanol–water partition coefficient (Wildman–Crippen LogP) is 8.13. The van der Waals surface area contributed by atoms with Crippen molar-refractivity contribution < 1.29 is 59.7 Å². The third-order valence-electron chi connectivity index (χ3n) is 9.55. The molecular weight excluding hydrogens is 735 g/mol. The van der Waals surface area contributed by atoms with Gasteiger partial charge in [-0.25, -0.2) is 4.39 Å². The molecule has 0 unspecified atom stereocenters. The maximum atomic E-state index is 16.7. The monoisotopic (exact) mass is 773 g/mol. The number of carbonyl (C=O) groups is 3. The molecule has 1 N–H and O–H groups in total. The largest absolute Gasteiger partial charge is 0.493 e. The lowest BCUT2D eigenvalue weighted by molar-refractivity contribution is -0.161. The Labute approximate surface area is 304 Å². The topological polar surface area (TPSA) is 109 Å². The highest BCUT2D eigenvalue weighted by Crippen LogP contribution is 2.46. The van der Waals surface area contributed by atoms with Crippen molar-refractivity contribution in [2.75, 3.05) is 26.2 Å². The molecule has 2 aliphatic rings. The molecule has 2 atom stereocenters. The highest BCUT2D eigenvalue weighted by Gasteiger charge is 2.57. The number of carbonyl (C=O) groups excluding carboxylic acids is 2. The number of thiophene rings is 1. The summed E-state index contributed by atoms with van der Waals surface area (Å²) in [4.78, 5) is 44.9. The maximum Gasteiger partial charge on any atom is 0.425 e. The van der Waals surface area contributed by atoms with E-state index in [2.05, 4.69) is 4.98 Å². The van der Waals surface area contributed by atoms with Crippen molar-refractivity contribution >= 4 is 29.1 Å². The summed E-state index contributed by atoms with van der Waals surface area (Å²) in [6.07, 6.45) is -7.97. The number of benzene rings is 1. The molecule has 0 aliphatic carbocycles. The molecule has 2 fully saturated rings. The molecule has 2 saturated heterocycles. The number of amides is 2. The van der Waals surface area contributed by atoms with Gasteiger partial charge < -0.3 is 24.4 Å². The first kappa shape index (κ1) is 39.8. The van der Waals surface area contributed by atoms with E-state index in [-0.39, 0.29) is 98.9 Å².